The molecule has 0 radical (unpaired) electrons. The molecule has 186 valence electrons. The lowest BCUT2D eigenvalue weighted by Gasteiger charge is -2.37. The number of aromatic nitrogens is 1. The zero-order valence-electron chi connectivity index (χ0n) is 18.9. The molecule has 1 aliphatic heterocycles. The Morgan fingerprint density at radius 1 is 1.40 bits per heavy atom. The van der Waals surface area contributed by atoms with Gasteiger partial charge in [-0.3, -0.25) is 9.10 Å². The van der Waals surface area contributed by atoms with Crippen molar-refractivity contribution in [2.24, 2.45) is 15.1 Å². The van der Waals surface area contributed by atoms with Crippen molar-refractivity contribution in [3.05, 3.63) is 58.7 Å². The Hall–Kier alpha value is -3.73. The van der Waals surface area contributed by atoms with Gasteiger partial charge in [0, 0.05) is 24.5 Å². The molecule has 1 aliphatic rings. The highest BCUT2D eigenvalue weighted by atomic mass is 32.2. The van der Waals surface area contributed by atoms with Crippen LogP contribution in [0, 0.1) is 24.1 Å². The number of nitriles is 1. The topological polar surface area (TPSA) is 137 Å². The average Bonchev–Trinajstić information content (AvgIpc) is 2.76. The average molecular weight is 512 g/mol. The minimum Gasteiger partial charge on any atom is -0.369 e. The van der Waals surface area contributed by atoms with Gasteiger partial charge in [-0.05, 0) is 43.7 Å². The molecule has 3 N–H and O–H groups in total. The highest BCUT2D eigenvalue weighted by Crippen LogP contribution is 2.36. The predicted molar refractivity (Wildman–Crippen MR) is 121 cm³/mol. The number of aliphatic imine (C=N–C) groups is 1. The molecule has 3 rings (SSSR count). The van der Waals surface area contributed by atoms with Crippen LogP contribution >= 0.6 is 0 Å². The second-order valence-electron chi connectivity index (χ2n) is 8.04. The van der Waals surface area contributed by atoms with E-state index in [1.807, 2.05) is 6.07 Å². The first kappa shape index (κ1) is 25.9. The molecule has 9 nitrogen and oxygen atoms in total. The molecule has 0 saturated heterocycles. The quantitative estimate of drug-likeness (QED) is 0.608. The molecule has 35 heavy (non-hydrogen) atoms. The summed E-state index contributed by atoms with van der Waals surface area (Å²) in [7, 11) is -2.53. The monoisotopic (exact) mass is 511 g/mol. The minimum absolute atomic E-state index is 0.0385. The van der Waals surface area contributed by atoms with Crippen molar-refractivity contribution < 1.29 is 26.6 Å². The summed E-state index contributed by atoms with van der Waals surface area (Å²) in [6.07, 6.45) is -3.46. The normalized spacial score (nSPS) is 22.2. The second-order valence-corrected chi connectivity index (χ2v) is 10.4. The maximum Gasteiger partial charge on any atom is 0.408 e. The summed E-state index contributed by atoms with van der Waals surface area (Å²) in [4.78, 5) is 20.8. The fourth-order valence-corrected chi connectivity index (χ4v) is 5.58. The smallest absolute Gasteiger partial charge is 0.369 e. The molecule has 14 heteroatoms. The van der Waals surface area contributed by atoms with E-state index in [9.17, 15) is 26.6 Å². The Morgan fingerprint density at radius 3 is 2.69 bits per heavy atom. The van der Waals surface area contributed by atoms with Crippen LogP contribution in [0.1, 0.15) is 34.1 Å². The van der Waals surface area contributed by atoms with E-state index in [4.69, 9.17) is 11.0 Å². The van der Waals surface area contributed by atoms with Gasteiger partial charge in [-0.25, -0.2) is 22.9 Å². The number of amides is 1. The molecule has 2 atom stereocenters. The molecule has 0 bridgehead atoms. The standard InChI is InChI=1S/C21H21F4N7O2S/c1-12-6-13(8-26)9-28-17(12)18(33)30-14-4-5-16(22)15(7-14)20(2)11-35(34,29-10-21(23,24)25)32(3)19(27)31-20/h4-7,9H,10-11H2,1-3H3,(H2,27,31)(H,30,33)/t20-,35-/m0/s1. The number of guanidine groups is 1. The van der Waals surface area contributed by atoms with Crippen LogP contribution in [-0.2, 0) is 15.5 Å². The number of benzene rings is 1. The molecule has 2 heterocycles. The number of nitrogens with two attached hydrogens (primary N) is 1. The van der Waals surface area contributed by atoms with Gasteiger partial charge in [0.25, 0.3) is 5.91 Å². The van der Waals surface area contributed by atoms with Crippen LogP contribution in [-0.4, -0.2) is 50.9 Å². The van der Waals surface area contributed by atoms with Crippen molar-refractivity contribution >= 4 is 27.5 Å². The van der Waals surface area contributed by atoms with Crippen molar-refractivity contribution in [1.82, 2.24) is 9.29 Å². The number of nitrogens with zero attached hydrogens (tertiary/aromatic N) is 5. The Bertz CT molecular complexity index is 1380. The molecule has 1 aromatic carbocycles. The Morgan fingerprint density at radius 2 is 2.09 bits per heavy atom. The summed E-state index contributed by atoms with van der Waals surface area (Å²) in [5, 5.41) is 11.5. The SMILES string of the molecule is Cc1cc(C#N)cnc1C(=O)Nc1ccc(F)c([C@]2(C)C[S@](=O)(=NCC(F)(F)F)N(C)C(N)=N2)c1. The maximum atomic E-state index is 14.9. The molecule has 0 fully saturated rings. The van der Waals surface area contributed by atoms with Gasteiger partial charge >= 0.3 is 6.18 Å². The van der Waals surface area contributed by atoms with Crippen molar-refractivity contribution in [3.63, 3.8) is 0 Å². The summed E-state index contributed by atoms with van der Waals surface area (Å²) < 4.78 is 70.6. The fourth-order valence-electron chi connectivity index (χ4n) is 3.49. The number of hydrogen-bond acceptors (Lipinski definition) is 7. The number of anilines is 1. The molecule has 0 saturated carbocycles. The number of pyridine rings is 1. The number of rotatable bonds is 4. The van der Waals surface area contributed by atoms with Crippen molar-refractivity contribution in [1.29, 1.82) is 5.26 Å². The molecule has 0 spiro atoms. The van der Waals surface area contributed by atoms with Gasteiger partial charge in [0.05, 0.1) is 11.3 Å². The van der Waals surface area contributed by atoms with Gasteiger partial charge in [0.2, 0.25) is 5.96 Å². The molecule has 2 aromatic rings. The highest BCUT2D eigenvalue weighted by Gasteiger charge is 2.41. The van der Waals surface area contributed by atoms with Gasteiger partial charge in [0.15, 0.2) is 0 Å². The van der Waals surface area contributed by atoms with Crippen LogP contribution in [0.15, 0.2) is 39.8 Å². The molecule has 1 amide bonds. The number of aryl methyl sites for hydroxylation is 1. The van der Waals surface area contributed by atoms with Gasteiger partial charge < -0.3 is 11.1 Å². The van der Waals surface area contributed by atoms with Gasteiger partial charge in [-0.2, -0.15) is 18.4 Å². The van der Waals surface area contributed by atoms with Crippen molar-refractivity contribution in [3.8, 4) is 6.07 Å². The fraction of sp³-hybridized carbons (Fsp3) is 0.333. The Kier molecular flexibility index (Phi) is 6.76. The summed E-state index contributed by atoms with van der Waals surface area (Å²) >= 11 is 0. The lowest BCUT2D eigenvalue weighted by molar-refractivity contribution is -0.117. The van der Waals surface area contributed by atoms with E-state index in [1.165, 1.54) is 38.4 Å². The lowest BCUT2D eigenvalue weighted by Crippen LogP contribution is -2.50. The molecule has 0 unspecified atom stereocenters. The first-order valence-corrected chi connectivity index (χ1v) is 11.7. The zero-order chi connectivity index (χ0) is 26.2. The lowest BCUT2D eigenvalue weighted by atomic mass is 9.93. The first-order chi connectivity index (χ1) is 16.2. The molecular weight excluding hydrogens is 490 g/mol. The Labute approximate surface area is 199 Å². The van der Waals surface area contributed by atoms with Gasteiger partial charge in [-0.15, -0.1) is 0 Å². The van der Waals surface area contributed by atoms with Crippen LogP contribution < -0.4 is 11.1 Å². The van der Waals surface area contributed by atoms with Gasteiger partial charge in [-0.1, -0.05) is 0 Å². The summed E-state index contributed by atoms with van der Waals surface area (Å²) in [6, 6.07) is 6.94. The molecule has 0 aliphatic carbocycles. The number of hydrogen-bond donors (Lipinski definition) is 2. The van der Waals surface area contributed by atoms with Gasteiger partial charge in [0.1, 0.15) is 39.6 Å². The van der Waals surface area contributed by atoms with Crippen LogP contribution in [0.3, 0.4) is 0 Å². The maximum absolute atomic E-state index is 14.9. The van der Waals surface area contributed by atoms with Crippen LogP contribution in [0.4, 0.5) is 23.2 Å². The summed E-state index contributed by atoms with van der Waals surface area (Å²) in [5.74, 6) is -2.37. The van der Waals surface area contributed by atoms with E-state index in [0.29, 0.717) is 5.56 Å². The van der Waals surface area contributed by atoms with Crippen LogP contribution in [0.25, 0.3) is 0 Å². The molecule has 1 aromatic heterocycles. The second kappa shape index (κ2) is 9.14. The van der Waals surface area contributed by atoms with E-state index in [0.717, 1.165) is 10.4 Å². The van der Waals surface area contributed by atoms with E-state index >= 15 is 0 Å². The van der Waals surface area contributed by atoms with Crippen LogP contribution in [0.5, 0.6) is 0 Å². The number of halogens is 4. The minimum atomic E-state index is -4.70. The molecular formula is C21H21F4N7O2S. The third-order valence-corrected chi connectivity index (χ3v) is 7.77. The number of carbonyl (C=O) groups is 1. The van der Waals surface area contributed by atoms with Crippen LogP contribution in [0.2, 0.25) is 0 Å². The summed E-state index contributed by atoms with van der Waals surface area (Å²) in [6.45, 7) is 1.29. The van der Waals surface area contributed by atoms with E-state index in [1.54, 1.807) is 6.92 Å². The predicted octanol–water partition coefficient (Wildman–Crippen LogP) is 3.07. The van der Waals surface area contributed by atoms with Crippen molar-refractivity contribution in [2.75, 3.05) is 24.7 Å². The zero-order valence-corrected chi connectivity index (χ0v) is 19.7. The largest absolute Gasteiger partial charge is 0.408 e. The van der Waals surface area contributed by atoms with E-state index < -0.39 is 45.7 Å². The third-order valence-electron chi connectivity index (χ3n) is 5.25. The number of nitrogens with one attached hydrogen (secondary N) is 1. The third kappa shape index (κ3) is 5.51. The van der Waals surface area contributed by atoms with E-state index in [2.05, 4.69) is 19.7 Å². The highest BCUT2D eigenvalue weighted by molar-refractivity contribution is 7.92. The van der Waals surface area contributed by atoms with E-state index in [-0.39, 0.29) is 28.5 Å². The summed E-state index contributed by atoms with van der Waals surface area (Å²) in [5.41, 5.74) is 4.91. The first-order valence-electron chi connectivity index (χ1n) is 10.0. The van der Waals surface area contributed by atoms with Crippen molar-refractivity contribution in [2.45, 2.75) is 25.6 Å². The Balaban J connectivity index is 1.99. The number of carbonyl (C=O) groups excluding carboxylic acids is 1. The number of alkyl halides is 3.